The van der Waals surface area contributed by atoms with Gasteiger partial charge in [-0.3, -0.25) is 0 Å². The number of ether oxygens (including phenoxy) is 2. The number of carbonyl (C=O) groups excluding carboxylic acids is 1. The van der Waals surface area contributed by atoms with E-state index in [-0.39, 0.29) is 29.0 Å². The molecule has 1 spiro atoms. The number of anilines is 1. The van der Waals surface area contributed by atoms with E-state index in [4.69, 9.17) is 9.47 Å². The zero-order valence-corrected chi connectivity index (χ0v) is 13.9. The van der Waals surface area contributed by atoms with Gasteiger partial charge in [0, 0.05) is 31.8 Å². The minimum absolute atomic E-state index is 0.00162. The Balaban J connectivity index is 1.63. The maximum Gasteiger partial charge on any atom is 0.321 e. The van der Waals surface area contributed by atoms with Crippen LogP contribution in [0.3, 0.4) is 0 Å². The number of amides is 2. The van der Waals surface area contributed by atoms with Gasteiger partial charge in [0.05, 0.1) is 18.9 Å². The predicted molar refractivity (Wildman–Crippen MR) is 85.2 cm³/mol. The van der Waals surface area contributed by atoms with Crippen LogP contribution in [0.4, 0.5) is 19.3 Å². The van der Waals surface area contributed by atoms with Gasteiger partial charge in [0.25, 0.3) is 0 Å². The molecule has 132 valence electrons. The Labute approximate surface area is 139 Å². The van der Waals surface area contributed by atoms with E-state index in [0.717, 1.165) is 31.4 Å². The van der Waals surface area contributed by atoms with Crippen LogP contribution >= 0.6 is 0 Å². The zero-order valence-electron chi connectivity index (χ0n) is 13.9. The highest BCUT2D eigenvalue weighted by Crippen LogP contribution is 2.49. The van der Waals surface area contributed by atoms with E-state index in [0.29, 0.717) is 19.7 Å². The molecule has 3 rings (SSSR count). The monoisotopic (exact) mass is 340 g/mol. The summed E-state index contributed by atoms with van der Waals surface area (Å²) in [6.45, 7) is 3.95. The molecule has 1 aliphatic carbocycles. The summed E-state index contributed by atoms with van der Waals surface area (Å²) in [5, 5.41) is 2.56. The van der Waals surface area contributed by atoms with Gasteiger partial charge in [0.15, 0.2) is 11.6 Å². The van der Waals surface area contributed by atoms with E-state index in [1.54, 1.807) is 4.90 Å². The maximum absolute atomic E-state index is 13.7. The lowest BCUT2D eigenvalue weighted by atomic mass is 9.66. The van der Waals surface area contributed by atoms with E-state index in [1.165, 1.54) is 7.11 Å². The lowest BCUT2D eigenvalue weighted by Crippen LogP contribution is -2.45. The topological polar surface area (TPSA) is 50.8 Å². The number of carbonyl (C=O) groups is 1. The van der Waals surface area contributed by atoms with Crippen LogP contribution in [0, 0.1) is 17.0 Å². The van der Waals surface area contributed by atoms with Crippen LogP contribution in [-0.4, -0.2) is 43.8 Å². The SMILES string of the molecule is CCOC1CC2(CCN(C(=O)Nc3cc(F)cc(F)c3OC)C2)C1. The molecule has 5 nitrogen and oxygen atoms in total. The number of urea groups is 1. The Morgan fingerprint density at radius 3 is 2.83 bits per heavy atom. The molecule has 7 heteroatoms. The molecule has 0 aromatic heterocycles. The summed E-state index contributed by atoms with van der Waals surface area (Å²) in [7, 11) is 1.28. The molecule has 2 fully saturated rings. The fourth-order valence-corrected chi connectivity index (χ4v) is 3.76. The average molecular weight is 340 g/mol. The second kappa shape index (κ2) is 6.55. The van der Waals surface area contributed by atoms with Crippen molar-refractivity contribution in [1.29, 1.82) is 0 Å². The Morgan fingerprint density at radius 2 is 2.17 bits per heavy atom. The van der Waals surface area contributed by atoms with E-state index >= 15 is 0 Å². The highest BCUT2D eigenvalue weighted by Gasteiger charge is 2.49. The van der Waals surface area contributed by atoms with Crippen LogP contribution in [0.5, 0.6) is 5.75 Å². The Hall–Kier alpha value is -1.89. The molecule has 1 aliphatic heterocycles. The summed E-state index contributed by atoms with van der Waals surface area (Å²) in [5.74, 6) is -1.78. The van der Waals surface area contributed by atoms with Crippen LogP contribution < -0.4 is 10.1 Å². The molecule has 1 aromatic carbocycles. The number of benzene rings is 1. The van der Waals surface area contributed by atoms with Gasteiger partial charge >= 0.3 is 6.03 Å². The molecule has 1 saturated carbocycles. The summed E-state index contributed by atoms with van der Waals surface area (Å²) < 4.78 is 37.6. The summed E-state index contributed by atoms with van der Waals surface area (Å²) in [6.07, 6.45) is 3.14. The molecule has 0 bridgehead atoms. The normalized spacial score (nSPS) is 25.7. The quantitative estimate of drug-likeness (QED) is 0.914. The van der Waals surface area contributed by atoms with Crippen LogP contribution in [0.25, 0.3) is 0 Å². The smallest absolute Gasteiger partial charge is 0.321 e. The van der Waals surface area contributed by atoms with Gasteiger partial charge in [-0.15, -0.1) is 0 Å². The van der Waals surface area contributed by atoms with Crippen molar-refractivity contribution in [2.45, 2.75) is 32.3 Å². The minimum atomic E-state index is -0.843. The Bertz CT molecular complexity index is 633. The summed E-state index contributed by atoms with van der Waals surface area (Å²) in [5.41, 5.74) is 0.135. The van der Waals surface area contributed by atoms with Crippen LogP contribution in [0.2, 0.25) is 0 Å². The van der Waals surface area contributed by atoms with Crippen LogP contribution in [0.15, 0.2) is 12.1 Å². The van der Waals surface area contributed by atoms with Crippen molar-refractivity contribution in [3.05, 3.63) is 23.8 Å². The summed E-state index contributed by atoms with van der Waals surface area (Å²) in [4.78, 5) is 14.1. The number of hydrogen-bond donors (Lipinski definition) is 1. The molecule has 1 heterocycles. The first-order valence-electron chi connectivity index (χ1n) is 8.17. The van der Waals surface area contributed by atoms with E-state index in [9.17, 15) is 13.6 Å². The third-order valence-corrected chi connectivity index (χ3v) is 4.90. The second-order valence-corrected chi connectivity index (χ2v) is 6.56. The summed E-state index contributed by atoms with van der Waals surface area (Å²) >= 11 is 0. The minimum Gasteiger partial charge on any atom is -0.492 e. The van der Waals surface area contributed by atoms with E-state index in [2.05, 4.69) is 5.32 Å². The van der Waals surface area contributed by atoms with Gasteiger partial charge in [-0.25, -0.2) is 13.6 Å². The molecule has 24 heavy (non-hydrogen) atoms. The molecule has 1 N–H and O–H groups in total. The number of nitrogens with one attached hydrogen (secondary N) is 1. The van der Waals surface area contributed by atoms with Gasteiger partial charge in [-0.05, 0) is 31.6 Å². The van der Waals surface area contributed by atoms with E-state index in [1.807, 2.05) is 6.92 Å². The Kier molecular flexibility index (Phi) is 4.62. The fraction of sp³-hybridized carbons (Fsp3) is 0.588. The van der Waals surface area contributed by atoms with Crippen molar-refractivity contribution in [1.82, 2.24) is 4.90 Å². The van der Waals surface area contributed by atoms with Gasteiger partial charge in [-0.1, -0.05) is 0 Å². The molecule has 1 aromatic rings. The first kappa shape index (κ1) is 17.0. The first-order valence-corrected chi connectivity index (χ1v) is 8.17. The Morgan fingerprint density at radius 1 is 1.42 bits per heavy atom. The van der Waals surface area contributed by atoms with Crippen LogP contribution in [0.1, 0.15) is 26.2 Å². The van der Waals surface area contributed by atoms with Crippen molar-refractivity contribution in [2.75, 3.05) is 32.1 Å². The third kappa shape index (κ3) is 3.17. The molecule has 0 radical (unpaired) electrons. The molecule has 2 aliphatic rings. The largest absolute Gasteiger partial charge is 0.492 e. The van der Waals surface area contributed by atoms with Gasteiger partial charge in [0.1, 0.15) is 5.82 Å². The maximum atomic E-state index is 13.7. The first-order chi connectivity index (χ1) is 11.5. The average Bonchev–Trinajstić information content (AvgIpc) is 2.92. The van der Waals surface area contributed by atoms with Gasteiger partial charge in [-0.2, -0.15) is 0 Å². The lowest BCUT2D eigenvalue weighted by Gasteiger charge is -2.44. The number of methoxy groups -OCH3 is 1. The zero-order chi connectivity index (χ0) is 17.3. The predicted octanol–water partition coefficient (Wildman–Crippen LogP) is 3.40. The highest BCUT2D eigenvalue weighted by atomic mass is 19.1. The van der Waals surface area contributed by atoms with Gasteiger partial charge in [0.2, 0.25) is 0 Å². The third-order valence-electron chi connectivity index (χ3n) is 4.90. The molecule has 2 amide bonds. The number of rotatable bonds is 4. The highest BCUT2D eigenvalue weighted by molar-refractivity contribution is 5.91. The summed E-state index contributed by atoms with van der Waals surface area (Å²) in [6, 6.07) is 1.41. The molecule has 0 unspecified atom stereocenters. The number of halogens is 2. The van der Waals surface area contributed by atoms with E-state index < -0.39 is 11.6 Å². The molecular formula is C17H22F2N2O3. The number of hydrogen-bond acceptors (Lipinski definition) is 3. The fourth-order valence-electron chi connectivity index (χ4n) is 3.76. The number of nitrogens with zero attached hydrogens (tertiary/aromatic N) is 1. The van der Waals surface area contributed by atoms with Crippen LogP contribution in [-0.2, 0) is 4.74 Å². The molecule has 1 saturated heterocycles. The molecule has 0 atom stereocenters. The number of likely N-dealkylation sites (tertiary alicyclic amines) is 1. The van der Waals surface area contributed by atoms with Crippen molar-refractivity contribution in [3.8, 4) is 5.75 Å². The lowest BCUT2D eigenvalue weighted by molar-refractivity contribution is -0.0703. The van der Waals surface area contributed by atoms with Gasteiger partial charge < -0.3 is 19.7 Å². The van der Waals surface area contributed by atoms with Crippen molar-refractivity contribution in [3.63, 3.8) is 0 Å². The second-order valence-electron chi connectivity index (χ2n) is 6.56. The molecular weight excluding hydrogens is 318 g/mol. The van der Waals surface area contributed by atoms with Crippen molar-refractivity contribution < 1.29 is 23.0 Å². The van der Waals surface area contributed by atoms with Crippen molar-refractivity contribution in [2.24, 2.45) is 5.41 Å². The van der Waals surface area contributed by atoms with Crippen molar-refractivity contribution >= 4 is 11.7 Å². The standard InChI is InChI=1S/C17H22F2N2O3/c1-3-24-12-8-17(9-12)4-5-21(10-17)16(22)20-14-7-11(18)6-13(19)15(14)23-2/h6-7,12H,3-5,8-10H2,1-2H3,(H,20,22).